The van der Waals surface area contributed by atoms with E-state index in [4.69, 9.17) is 27.6 Å². The maximum atomic E-state index is 12.4. The minimum atomic E-state index is -0.253. The third-order valence-corrected chi connectivity index (χ3v) is 4.34. The molecule has 26 heavy (non-hydrogen) atoms. The maximum Gasteiger partial charge on any atom is 0.281 e. The summed E-state index contributed by atoms with van der Waals surface area (Å²) in [6, 6.07) is 15.7. The van der Waals surface area contributed by atoms with Crippen LogP contribution in [0.4, 0.5) is 0 Å². The van der Waals surface area contributed by atoms with Gasteiger partial charge in [0.05, 0.1) is 22.1 Å². The summed E-state index contributed by atoms with van der Waals surface area (Å²) in [5, 5.41) is 5.72. The molecule has 0 saturated heterocycles. The van der Waals surface area contributed by atoms with E-state index >= 15 is 0 Å². The van der Waals surface area contributed by atoms with E-state index < -0.39 is 0 Å². The van der Waals surface area contributed by atoms with Gasteiger partial charge in [-0.1, -0.05) is 35.3 Å². The molecule has 5 nitrogen and oxygen atoms in total. The van der Waals surface area contributed by atoms with Crippen molar-refractivity contribution in [1.29, 1.82) is 0 Å². The second-order valence-electron chi connectivity index (χ2n) is 5.48. The lowest BCUT2D eigenvalue weighted by molar-refractivity contribution is 0.574. The minimum Gasteiger partial charge on any atom is -0.455 e. The van der Waals surface area contributed by atoms with Crippen LogP contribution in [0.5, 0.6) is 0 Å². The summed E-state index contributed by atoms with van der Waals surface area (Å²) in [5.74, 6) is 1.03. The van der Waals surface area contributed by atoms with Gasteiger partial charge in [-0.15, -0.1) is 0 Å². The molecule has 128 valence electrons. The molecule has 0 bridgehead atoms. The molecule has 2 heterocycles. The van der Waals surface area contributed by atoms with E-state index in [-0.39, 0.29) is 5.56 Å². The fourth-order valence-electron chi connectivity index (χ4n) is 2.51. The lowest BCUT2D eigenvalue weighted by Gasteiger charge is -2.01. The average molecular weight is 384 g/mol. The molecule has 4 rings (SSSR count). The molecule has 2 aromatic carbocycles. The summed E-state index contributed by atoms with van der Waals surface area (Å²) < 4.78 is 6.89. The Hall–Kier alpha value is -2.89. The zero-order valence-electron chi connectivity index (χ0n) is 13.3. The maximum absolute atomic E-state index is 12.4. The van der Waals surface area contributed by atoms with E-state index in [0.29, 0.717) is 38.0 Å². The van der Waals surface area contributed by atoms with Crippen molar-refractivity contribution in [3.05, 3.63) is 87.1 Å². The molecule has 0 aliphatic rings. The average Bonchev–Trinajstić information content (AvgIpc) is 3.12. The van der Waals surface area contributed by atoms with Gasteiger partial charge < -0.3 is 4.42 Å². The third-order valence-electron chi connectivity index (χ3n) is 3.78. The van der Waals surface area contributed by atoms with E-state index in [1.807, 2.05) is 6.07 Å². The summed E-state index contributed by atoms with van der Waals surface area (Å²) in [6.45, 7) is 0. The Morgan fingerprint density at radius 1 is 1.08 bits per heavy atom. The molecule has 0 amide bonds. The molecular weight excluding hydrogens is 373 g/mol. The lowest BCUT2D eigenvalue weighted by Crippen LogP contribution is -2.16. The molecule has 0 N–H and O–H groups in total. The predicted molar refractivity (Wildman–Crippen MR) is 103 cm³/mol. The van der Waals surface area contributed by atoms with Crippen LogP contribution in [0.15, 0.2) is 75.2 Å². The molecule has 0 unspecified atom stereocenters. The highest BCUT2D eigenvalue weighted by atomic mass is 35.5. The highest BCUT2D eigenvalue weighted by molar-refractivity contribution is 6.35. The Bertz CT molecular complexity index is 1190. The Morgan fingerprint density at radius 3 is 2.81 bits per heavy atom. The Morgan fingerprint density at radius 2 is 1.92 bits per heavy atom. The molecule has 0 fully saturated rings. The van der Waals surface area contributed by atoms with Crippen molar-refractivity contribution in [2.45, 2.75) is 0 Å². The molecule has 0 spiro atoms. The fraction of sp³-hybridized carbons (Fsp3) is 0. The van der Waals surface area contributed by atoms with Crippen molar-refractivity contribution in [2.75, 3.05) is 0 Å². The van der Waals surface area contributed by atoms with Crippen LogP contribution in [-0.4, -0.2) is 15.9 Å². The van der Waals surface area contributed by atoms with Crippen molar-refractivity contribution in [3.8, 4) is 11.3 Å². The van der Waals surface area contributed by atoms with Crippen LogP contribution in [0.1, 0.15) is 5.76 Å². The number of rotatable bonds is 3. The third kappa shape index (κ3) is 3.14. The SMILES string of the molecule is O=c1c2ccccc2ncn1/N=C/c1ccc(-c2cc(Cl)ccc2Cl)o1. The summed E-state index contributed by atoms with van der Waals surface area (Å²) in [6.07, 6.45) is 2.82. The standard InChI is InChI=1S/C19H11Cl2N3O2/c20-12-5-7-16(21)15(9-12)18-8-6-13(26-18)10-23-24-11-22-17-4-2-1-3-14(17)19(24)25/h1-11H/b23-10+. The van der Waals surface area contributed by atoms with Gasteiger partial charge in [0.25, 0.3) is 5.56 Å². The van der Waals surface area contributed by atoms with Crippen LogP contribution in [0, 0.1) is 0 Å². The number of para-hydroxylation sites is 1. The highest BCUT2D eigenvalue weighted by Gasteiger charge is 2.09. The van der Waals surface area contributed by atoms with Crippen LogP contribution in [-0.2, 0) is 0 Å². The predicted octanol–water partition coefficient (Wildman–Crippen LogP) is 4.85. The van der Waals surface area contributed by atoms with Gasteiger partial charge in [-0.2, -0.15) is 9.78 Å². The molecule has 0 atom stereocenters. The van der Waals surface area contributed by atoms with Crippen molar-refractivity contribution >= 4 is 40.3 Å². The van der Waals surface area contributed by atoms with Gasteiger partial charge in [0.15, 0.2) is 0 Å². The van der Waals surface area contributed by atoms with Crippen molar-refractivity contribution < 1.29 is 4.42 Å². The fourth-order valence-corrected chi connectivity index (χ4v) is 2.90. The molecule has 2 aromatic heterocycles. The Labute approximate surface area is 158 Å². The first kappa shape index (κ1) is 16.6. The molecule has 0 aliphatic carbocycles. The van der Waals surface area contributed by atoms with Crippen LogP contribution in [0.2, 0.25) is 10.0 Å². The van der Waals surface area contributed by atoms with E-state index in [0.717, 1.165) is 4.68 Å². The van der Waals surface area contributed by atoms with Gasteiger partial charge in [-0.25, -0.2) is 4.98 Å². The second kappa shape index (κ2) is 6.78. The van der Waals surface area contributed by atoms with Crippen LogP contribution in [0.3, 0.4) is 0 Å². The van der Waals surface area contributed by atoms with Gasteiger partial charge in [0.2, 0.25) is 0 Å². The van der Waals surface area contributed by atoms with Crippen molar-refractivity contribution in [1.82, 2.24) is 9.66 Å². The largest absolute Gasteiger partial charge is 0.455 e. The lowest BCUT2D eigenvalue weighted by atomic mass is 10.2. The van der Waals surface area contributed by atoms with Crippen LogP contribution < -0.4 is 5.56 Å². The summed E-state index contributed by atoms with van der Waals surface area (Å²) in [4.78, 5) is 16.6. The Kier molecular flexibility index (Phi) is 4.32. The monoisotopic (exact) mass is 383 g/mol. The van der Waals surface area contributed by atoms with Gasteiger partial charge >= 0.3 is 0 Å². The second-order valence-corrected chi connectivity index (χ2v) is 6.33. The zero-order chi connectivity index (χ0) is 18.1. The molecule has 7 heteroatoms. The number of fused-ring (bicyclic) bond motifs is 1. The quantitative estimate of drug-likeness (QED) is 0.475. The molecule has 0 aliphatic heterocycles. The first-order chi connectivity index (χ1) is 12.6. The smallest absolute Gasteiger partial charge is 0.281 e. The summed E-state index contributed by atoms with van der Waals surface area (Å²) in [5.41, 5.74) is 1.06. The van der Waals surface area contributed by atoms with Crippen molar-refractivity contribution in [3.63, 3.8) is 0 Å². The van der Waals surface area contributed by atoms with E-state index in [1.165, 1.54) is 12.5 Å². The topological polar surface area (TPSA) is 60.4 Å². The molecule has 4 aromatic rings. The highest BCUT2D eigenvalue weighted by Crippen LogP contribution is 2.31. The zero-order valence-corrected chi connectivity index (χ0v) is 14.8. The van der Waals surface area contributed by atoms with Gasteiger partial charge in [-0.3, -0.25) is 4.79 Å². The first-order valence-electron chi connectivity index (χ1n) is 7.68. The van der Waals surface area contributed by atoms with E-state index in [9.17, 15) is 4.79 Å². The van der Waals surface area contributed by atoms with E-state index in [2.05, 4.69) is 10.1 Å². The molecule has 0 radical (unpaired) electrons. The number of hydrogen-bond donors (Lipinski definition) is 0. The number of halogens is 2. The summed E-state index contributed by atoms with van der Waals surface area (Å²) in [7, 11) is 0. The number of benzene rings is 2. The van der Waals surface area contributed by atoms with Gasteiger partial charge in [0, 0.05) is 10.6 Å². The summed E-state index contributed by atoms with van der Waals surface area (Å²) >= 11 is 12.2. The normalized spacial score (nSPS) is 11.5. The Balaban J connectivity index is 1.66. The number of nitrogens with zero attached hydrogens (tertiary/aromatic N) is 3. The van der Waals surface area contributed by atoms with Gasteiger partial charge in [-0.05, 0) is 42.5 Å². The molecular formula is C19H11Cl2N3O2. The minimum absolute atomic E-state index is 0.253. The van der Waals surface area contributed by atoms with Gasteiger partial charge in [0.1, 0.15) is 17.8 Å². The molecule has 0 saturated carbocycles. The van der Waals surface area contributed by atoms with E-state index in [1.54, 1.807) is 48.5 Å². The number of hydrogen-bond acceptors (Lipinski definition) is 4. The van der Waals surface area contributed by atoms with Crippen molar-refractivity contribution in [2.24, 2.45) is 5.10 Å². The van der Waals surface area contributed by atoms with Crippen LogP contribution >= 0.6 is 23.2 Å². The number of furan rings is 1. The number of aromatic nitrogens is 2. The van der Waals surface area contributed by atoms with Crippen LogP contribution in [0.25, 0.3) is 22.2 Å². The first-order valence-corrected chi connectivity index (χ1v) is 8.43.